The highest BCUT2D eigenvalue weighted by atomic mass is 31.3. The maximum Gasteiger partial charge on any atom is 0.484 e. The molecule has 0 bridgehead atoms. The Labute approximate surface area is 315 Å². The Hall–Kier alpha value is -4.76. The zero-order valence-corrected chi connectivity index (χ0v) is 31.9. The van der Waals surface area contributed by atoms with Crippen LogP contribution in [0.15, 0.2) is 101 Å². The van der Waals surface area contributed by atoms with Gasteiger partial charge in [-0.3, -0.25) is 32.7 Å². The van der Waals surface area contributed by atoms with Crippen molar-refractivity contribution in [3.8, 4) is 11.5 Å². The first kappa shape index (κ1) is 41.4. The van der Waals surface area contributed by atoms with E-state index in [1.165, 1.54) is 73.8 Å². The first-order chi connectivity index (χ1) is 26.2. The molecule has 1 aliphatic heterocycles. The molecular formula is C37H40N2O14P2. The molecule has 3 unspecified atom stereocenters. The topological polar surface area (TPSA) is 208 Å². The van der Waals surface area contributed by atoms with Crippen LogP contribution in [0.4, 0.5) is 0 Å². The molecule has 55 heavy (non-hydrogen) atoms. The van der Waals surface area contributed by atoms with Crippen molar-refractivity contribution >= 4 is 27.6 Å². The second kappa shape index (κ2) is 18.7. The Morgan fingerprint density at radius 2 is 1.44 bits per heavy atom. The Kier molecular flexibility index (Phi) is 14.1. The van der Waals surface area contributed by atoms with Crippen LogP contribution in [0, 0.1) is 13.8 Å². The summed E-state index contributed by atoms with van der Waals surface area (Å²) in [6, 6.07) is 19.0. The SMILES string of the molecule is CCCCC(=O)Oc1ccc(COP(=O)(OCc2ccc(OC(=O)c3ccc(C)cc3)cc2)OP(=O)(O)OCC2C=C[C@H](n3cc(C)c(=O)[nH]c3=O)O2)cc1. The third-order valence-corrected chi connectivity index (χ3v) is 10.9. The predicted octanol–water partition coefficient (Wildman–Crippen LogP) is 6.60. The van der Waals surface area contributed by atoms with Gasteiger partial charge in [0.15, 0.2) is 6.23 Å². The fraction of sp³-hybridized carbons (Fsp3) is 0.297. The molecule has 4 aromatic rings. The number of benzene rings is 3. The summed E-state index contributed by atoms with van der Waals surface area (Å²) >= 11 is 0. The number of aromatic amines is 1. The van der Waals surface area contributed by atoms with Gasteiger partial charge in [0.25, 0.3) is 5.56 Å². The molecule has 16 nitrogen and oxygen atoms in total. The lowest BCUT2D eigenvalue weighted by atomic mass is 10.1. The van der Waals surface area contributed by atoms with E-state index in [9.17, 15) is 33.2 Å². The number of nitrogens with zero attached hydrogens (tertiary/aromatic N) is 1. The van der Waals surface area contributed by atoms with Gasteiger partial charge in [-0.15, -0.1) is 0 Å². The summed E-state index contributed by atoms with van der Waals surface area (Å²) in [6.45, 7) is 3.94. The third kappa shape index (κ3) is 12.4. The molecule has 292 valence electrons. The quantitative estimate of drug-likeness (QED) is 0.0471. The number of aryl methyl sites for hydroxylation is 2. The Balaban J connectivity index is 1.23. The van der Waals surface area contributed by atoms with Gasteiger partial charge in [0.05, 0.1) is 25.4 Å². The zero-order chi connectivity index (χ0) is 39.6. The van der Waals surface area contributed by atoms with Crippen LogP contribution in [-0.2, 0) is 49.8 Å². The van der Waals surface area contributed by atoms with Crippen LogP contribution in [0.25, 0.3) is 0 Å². The van der Waals surface area contributed by atoms with Gasteiger partial charge in [-0.1, -0.05) is 61.4 Å². The molecule has 0 radical (unpaired) electrons. The molecule has 2 N–H and O–H groups in total. The van der Waals surface area contributed by atoms with Crippen LogP contribution in [0.3, 0.4) is 0 Å². The molecule has 0 saturated carbocycles. The number of ether oxygens (including phenoxy) is 3. The monoisotopic (exact) mass is 798 g/mol. The van der Waals surface area contributed by atoms with Crippen LogP contribution in [0.5, 0.6) is 11.5 Å². The van der Waals surface area contributed by atoms with Crippen molar-refractivity contribution in [2.24, 2.45) is 0 Å². The number of esters is 2. The summed E-state index contributed by atoms with van der Waals surface area (Å²) < 4.78 is 65.6. The summed E-state index contributed by atoms with van der Waals surface area (Å²) in [6.07, 6.45) is 4.16. The molecule has 2 heterocycles. The number of rotatable bonds is 18. The molecule has 18 heteroatoms. The van der Waals surface area contributed by atoms with Gasteiger partial charge in [-0.2, -0.15) is 4.31 Å². The molecule has 0 saturated heterocycles. The van der Waals surface area contributed by atoms with Gasteiger partial charge < -0.3 is 19.1 Å². The first-order valence-electron chi connectivity index (χ1n) is 17.1. The van der Waals surface area contributed by atoms with E-state index < -0.39 is 65.0 Å². The van der Waals surface area contributed by atoms with Crippen LogP contribution in [0.1, 0.15) is 65.0 Å². The number of unbranched alkanes of at least 4 members (excludes halogenated alkanes) is 1. The van der Waals surface area contributed by atoms with E-state index in [0.717, 1.165) is 16.6 Å². The highest BCUT2D eigenvalue weighted by Crippen LogP contribution is 2.64. The highest BCUT2D eigenvalue weighted by molar-refractivity contribution is 7.61. The van der Waals surface area contributed by atoms with Crippen molar-refractivity contribution in [3.63, 3.8) is 0 Å². The minimum atomic E-state index is -5.17. The molecular weight excluding hydrogens is 758 g/mol. The summed E-state index contributed by atoms with van der Waals surface area (Å²) in [7, 11) is -10.1. The van der Waals surface area contributed by atoms with Crippen LogP contribution in [0.2, 0.25) is 0 Å². The summed E-state index contributed by atoms with van der Waals surface area (Å²) in [5.41, 5.74) is 1.18. The smallest absolute Gasteiger partial charge is 0.427 e. The molecule has 3 aromatic carbocycles. The van der Waals surface area contributed by atoms with E-state index in [-0.39, 0.29) is 29.5 Å². The van der Waals surface area contributed by atoms with E-state index in [1.54, 1.807) is 24.3 Å². The van der Waals surface area contributed by atoms with Crippen molar-refractivity contribution in [1.82, 2.24) is 9.55 Å². The number of carbonyl (C=O) groups is 2. The number of phosphoric ester groups is 2. The fourth-order valence-electron chi connectivity index (χ4n) is 4.89. The summed E-state index contributed by atoms with van der Waals surface area (Å²) in [5.74, 6) is -0.439. The third-order valence-electron chi connectivity index (χ3n) is 7.92. The second-order valence-electron chi connectivity index (χ2n) is 12.4. The average Bonchev–Trinajstić information content (AvgIpc) is 3.63. The number of aromatic nitrogens is 2. The number of H-pyrrole nitrogens is 1. The van der Waals surface area contributed by atoms with Gasteiger partial charge in [0.1, 0.15) is 17.6 Å². The van der Waals surface area contributed by atoms with Crippen LogP contribution < -0.4 is 20.7 Å². The van der Waals surface area contributed by atoms with Crippen molar-refractivity contribution < 1.29 is 55.7 Å². The van der Waals surface area contributed by atoms with E-state index in [1.807, 2.05) is 13.8 Å². The van der Waals surface area contributed by atoms with Gasteiger partial charge in [0.2, 0.25) is 0 Å². The standard InChI is InChI=1S/C37H40N2O14P2/c1-4-5-6-34(40)51-30-15-9-27(10-16-30)22-48-55(46,49-23-28-11-17-31(18-12-28)52-36(42)29-13-7-25(2)8-14-29)53-54(44,45)47-24-32-19-20-33(50-32)39-21-26(3)35(41)38-37(39)43/h7-21,32-33H,4-6,22-24H2,1-3H3,(H,44,45)(H,38,41,43)/t32?,33-,55?/m1/s1. The lowest BCUT2D eigenvalue weighted by molar-refractivity contribution is -0.134. The van der Waals surface area contributed by atoms with E-state index in [4.69, 9.17) is 32.1 Å². The van der Waals surface area contributed by atoms with Crippen molar-refractivity contribution in [1.29, 1.82) is 0 Å². The molecule has 0 amide bonds. The van der Waals surface area contributed by atoms with E-state index in [0.29, 0.717) is 23.1 Å². The minimum absolute atomic E-state index is 0.226. The molecule has 5 rings (SSSR count). The second-order valence-corrected chi connectivity index (χ2v) is 15.6. The van der Waals surface area contributed by atoms with Gasteiger partial charge >= 0.3 is 33.3 Å². The molecule has 1 aliphatic rings. The maximum absolute atomic E-state index is 13.9. The molecule has 0 aliphatic carbocycles. The minimum Gasteiger partial charge on any atom is -0.427 e. The largest absolute Gasteiger partial charge is 0.484 e. The molecule has 0 spiro atoms. The molecule has 1 aromatic heterocycles. The predicted molar refractivity (Wildman–Crippen MR) is 197 cm³/mol. The Morgan fingerprint density at radius 3 is 2.04 bits per heavy atom. The number of hydrogen-bond acceptors (Lipinski definition) is 13. The normalized spacial score (nSPS) is 17.3. The summed E-state index contributed by atoms with van der Waals surface area (Å²) in [5, 5.41) is 0. The number of phosphoric acid groups is 2. The number of nitrogens with one attached hydrogen (secondary N) is 1. The van der Waals surface area contributed by atoms with Gasteiger partial charge in [-0.25, -0.2) is 18.7 Å². The van der Waals surface area contributed by atoms with E-state index >= 15 is 0 Å². The lowest BCUT2D eigenvalue weighted by Crippen LogP contribution is -2.33. The van der Waals surface area contributed by atoms with Crippen LogP contribution >= 0.6 is 15.6 Å². The lowest BCUT2D eigenvalue weighted by Gasteiger charge is -2.22. The molecule has 0 fully saturated rings. The van der Waals surface area contributed by atoms with Crippen LogP contribution in [-0.4, -0.2) is 39.1 Å². The maximum atomic E-state index is 13.9. The molecule has 4 atom stereocenters. The fourth-order valence-corrected chi connectivity index (χ4v) is 7.49. The van der Waals surface area contributed by atoms with Gasteiger partial charge in [-0.05, 0) is 73.9 Å². The number of carbonyl (C=O) groups excluding carboxylic acids is 2. The summed E-state index contributed by atoms with van der Waals surface area (Å²) in [4.78, 5) is 61.3. The van der Waals surface area contributed by atoms with E-state index in [2.05, 4.69) is 4.98 Å². The van der Waals surface area contributed by atoms with Crippen molar-refractivity contribution in [3.05, 3.63) is 140 Å². The Bertz CT molecular complexity index is 2200. The van der Waals surface area contributed by atoms with Crippen molar-refractivity contribution in [2.75, 3.05) is 6.61 Å². The average molecular weight is 799 g/mol. The highest BCUT2D eigenvalue weighted by Gasteiger charge is 2.39. The van der Waals surface area contributed by atoms with Gasteiger partial charge in [0, 0.05) is 18.2 Å². The first-order valence-corrected chi connectivity index (χ1v) is 20.1. The number of hydrogen-bond donors (Lipinski definition) is 2. The zero-order valence-electron chi connectivity index (χ0n) is 30.2. The Morgan fingerprint density at radius 1 is 0.836 bits per heavy atom. The van der Waals surface area contributed by atoms with Crippen molar-refractivity contribution in [2.45, 2.75) is 65.6 Å².